The number of benzene rings is 1. The van der Waals surface area contributed by atoms with Crippen LogP contribution in [0.3, 0.4) is 0 Å². The maximum absolute atomic E-state index is 12.0. The molecule has 7 nitrogen and oxygen atoms in total. The minimum atomic E-state index is -0.536. The lowest BCUT2D eigenvalue weighted by atomic mass is 10.1. The first-order valence-electron chi connectivity index (χ1n) is 7.01. The summed E-state index contributed by atoms with van der Waals surface area (Å²) in [6.07, 6.45) is 0.808. The lowest BCUT2D eigenvalue weighted by Gasteiger charge is -2.30. The van der Waals surface area contributed by atoms with Crippen LogP contribution in [0.4, 0.5) is 5.69 Å². The largest absolute Gasteiger partial charge is 0.490 e. The van der Waals surface area contributed by atoms with Crippen LogP contribution in [-0.2, 0) is 20.9 Å². The Balaban J connectivity index is 2.43. The zero-order chi connectivity index (χ0) is 16.1. The van der Waals surface area contributed by atoms with Crippen LogP contribution < -0.4 is 14.4 Å². The Labute approximate surface area is 128 Å². The number of fused-ring (bicyclic) bond motifs is 1. The van der Waals surface area contributed by atoms with E-state index in [1.807, 2.05) is 6.92 Å². The molecule has 0 saturated heterocycles. The lowest BCUT2D eigenvalue weighted by Crippen LogP contribution is -2.42. The minimum Gasteiger partial charge on any atom is -0.490 e. The average molecular weight is 309 g/mol. The molecule has 0 bridgehead atoms. The molecule has 120 valence electrons. The summed E-state index contributed by atoms with van der Waals surface area (Å²) in [4.78, 5) is 24.8. The van der Waals surface area contributed by atoms with Crippen molar-refractivity contribution in [2.45, 2.75) is 20.0 Å². The molecule has 0 atom stereocenters. The fourth-order valence-corrected chi connectivity index (χ4v) is 2.11. The van der Waals surface area contributed by atoms with Crippen molar-refractivity contribution in [3.8, 4) is 11.5 Å². The van der Waals surface area contributed by atoms with Crippen LogP contribution in [-0.4, -0.2) is 43.9 Å². The van der Waals surface area contributed by atoms with Gasteiger partial charge in [0.15, 0.2) is 18.1 Å². The topological polar surface area (TPSA) is 85.3 Å². The fourth-order valence-electron chi connectivity index (χ4n) is 2.11. The summed E-state index contributed by atoms with van der Waals surface area (Å²) in [7, 11) is 1.26. The zero-order valence-electron chi connectivity index (χ0n) is 12.6. The summed E-state index contributed by atoms with van der Waals surface area (Å²) in [5.74, 6) is -0.0408. The fraction of sp³-hybridized carbons (Fsp3) is 0.467. The highest BCUT2D eigenvalue weighted by Gasteiger charge is 2.30. The number of rotatable bonds is 6. The van der Waals surface area contributed by atoms with Gasteiger partial charge in [-0.1, -0.05) is 6.92 Å². The van der Waals surface area contributed by atoms with Crippen molar-refractivity contribution < 1.29 is 28.9 Å². The highest BCUT2D eigenvalue weighted by Crippen LogP contribution is 2.41. The molecule has 1 aliphatic heterocycles. The molecule has 1 aromatic carbocycles. The maximum atomic E-state index is 12.0. The number of carbonyl (C=O) groups is 2. The predicted octanol–water partition coefficient (Wildman–Crippen LogP) is 0.866. The van der Waals surface area contributed by atoms with Crippen molar-refractivity contribution in [1.82, 2.24) is 0 Å². The van der Waals surface area contributed by atoms with Gasteiger partial charge in [-0.3, -0.25) is 14.5 Å². The van der Waals surface area contributed by atoms with Gasteiger partial charge in [0.1, 0.15) is 6.54 Å². The molecular formula is C15H19NO6. The molecule has 1 N–H and O–H groups in total. The molecule has 1 aliphatic rings. The normalized spacial score (nSPS) is 13.4. The van der Waals surface area contributed by atoms with Crippen molar-refractivity contribution in [3.63, 3.8) is 0 Å². The molecule has 7 heteroatoms. The molecule has 0 unspecified atom stereocenters. The quantitative estimate of drug-likeness (QED) is 0.785. The van der Waals surface area contributed by atoms with E-state index < -0.39 is 5.97 Å². The second-order valence-electron chi connectivity index (χ2n) is 4.79. The van der Waals surface area contributed by atoms with Crippen molar-refractivity contribution in [2.75, 3.05) is 31.8 Å². The molecule has 1 amide bonds. The number of hydrogen-bond donors (Lipinski definition) is 1. The molecule has 22 heavy (non-hydrogen) atoms. The summed E-state index contributed by atoms with van der Waals surface area (Å²) < 4.78 is 15.7. The maximum Gasteiger partial charge on any atom is 0.325 e. The first-order valence-corrected chi connectivity index (χ1v) is 7.01. The van der Waals surface area contributed by atoms with Crippen LogP contribution in [0.2, 0.25) is 0 Å². The van der Waals surface area contributed by atoms with Gasteiger partial charge in [-0.25, -0.2) is 0 Å². The number of aliphatic hydroxyl groups is 1. The minimum absolute atomic E-state index is 0.176. The van der Waals surface area contributed by atoms with Gasteiger partial charge in [0.2, 0.25) is 0 Å². The van der Waals surface area contributed by atoms with Gasteiger partial charge in [-0.2, -0.15) is 0 Å². The van der Waals surface area contributed by atoms with Crippen LogP contribution in [0.25, 0.3) is 0 Å². The smallest absolute Gasteiger partial charge is 0.325 e. The van der Waals surface area contributed by atoms with Gasteiger partial charge in [0.05, 0.1) is 26.0 Å². The monoisotopic (exact) mass is 309 g/mol. The van der Waals surface area contributed by atoms with E-state index in [9.17, 15) is 14.7 Å². The number of anilines is 1. The first-order chi connectivity index (χ1) is 10.6. The van der Waals surface area contributed by atoms with E-state index in [1.165, 1.54) is 12.0 Å². The summed E-state index contributed by atoms with van der Waals surface area (Å²) in [6, 6.07) is 3.27. The molecule has 0 spiro atoms. The van der Waals surface area contributed by atoms with Gasteiger partial charge in [-0.05, 0) is 24.1 Å². The molecule has 0 aliphatic carbocycles. The molecule has 0 saturated carbocycles. The number of ether oxygens (including phenoxy) is 3. The Morgan fingerprint density at radius 2 is 2.23 bits per heavy atom. The van der Waals surface area contributed by atoms with Gasteiger partial charge in [0.25, 0.3) is 5.91 Å². The van der Waals surface area contributed by atoms with Crippen LogP contribution in [0, 0.1) is 0 Å². The predicted molar refractivity (Wildman–Crippen MR) is 78.0 cm³/mol. The number of hydrogen-bond acceptors (Lipinski definition) is 6. The third-order valence-electron chi connectivity index (χ3n) is 3.19. The summed E-state index contributed by atoms with van der Waals surface area (Å²) >= 11 is 0. The Morgan fingerprint density at radius 3 is 2.86 bits per heavy atom. The Hall–Kier alpha value is -2.28. The van der Waals surface area contributed by atoms with E-state index in [0.29, 0.717) is 29.4 Å². The van der Waals surface area contributed by atoms with Gasteiger partial charge in [-0.15, -0.1) is 0 Å². The van der Waals surface area contributed by atoms with Crippen molar-refractivity contribution in [1.29, 1.82) is 0 Å². The number of esters is 1. The summed E-state index contributed by atoms with van der Waals surface area (Å²) in [5, 5.41) is 9.38. The molecule has 0 aromatic heterocycles. The van der Waals surface area contributed by atoms with Crippen molar-refractivity contribution in [2.24, 2.45) is 0 Å². The third-order valence-corrected chi connectivity index (χ3v) is 3.19. The van der Waals surface area contributed by atoms with E-state index in [0.717, 1.165) is 6.42 Å². The summed E-state index contributed by atoms with van der Waals surface area (Å²) in [5.41, 5.74) is 0.970. The highest BCUT2D eigenvalue weighted by molar-refractivity contribution is 6.02. The molecule has 2 rings (SSSR count). The molecule has 0 radical (unpaired) electrons. The molecule has 1 heterocycles. The number of aliphatic hydroxyl groups excluding tert-OH is 1. The number of methoxy groups -OCH3 is 1. The Kier molecular flexibility index (Phi) is 5.21. The van der Waals surface area contributed by atoms with Crippen molar-refractivity contribution >= 4 is 17.6 Å². The van der Waals surface area contributed by atoms with Crippen LogP contribution in [0.15, 0.2) is 12.1 Å². The van der Waals surface area contributed by atoms with E-state index in [-0.39, 0.29) is 25.7 Å². The molecule has 0 fully saturated rings. The third kappa shape index (κ3) is 3.30. The SMILES string of the molecule is CCCOc1cc(CO)cc2c1OCC(=O)N2CC(=O)OC. The van der Waals surface area contributed by atoms with E-state index in [4.69, 9.17) is 9.47 Å². The summed E-state index contributed by atoms with van der Waals surface area (Å²) in [6.45, 7) is 1.85. The van der Waals surface area contributed by atoms with E-state index >= 15 is 0 Å². The number of amides is 1. The standard InChI is InChI=1S/C15H19NO6/c1-3-4-21-12-6-10(8-17)5-11-15(12)22-9-13(18)16(11)7-14(19)20-2/h5-6,17H,3-4,7-9H2,1-2H3. The van der Waals surface area contributed by atoms with Gasteiger partial charge in [0, 0.05) is 0 Å². The second-order valence-corrected chi connectivity index (χ2v) is 4.79. The zero-order valence-corrected chi connectivity index (χ0v) is 12.6. The first kappa shape index (κ1) is 16.1. The second kappa shape index (κ2) is 7.13. The Bertz CT molecular complexity index is 571. The van der Waals surface area contributed by atoms with Gasteiger partial charge >= 0.3 is 5.97 Å². The highest BCUT2D eigenvalue weighted by atomic mass is 16.5. The van der Waals surface area contributed by atoms with Crippen LogP contribution in [0.5, 0.6) is 11.5 Å². The molecule has 1 aromatic rings. The number of carbonyl (C=O) groups excluding carboxylic acids is 2. The van der Waals surface area contributed by atoms with Gasteiger partial charge < -0.3 is 19.3 Å². The average Bonchev–Trinajstić information content (AvgIpc) is 2.54. The molecular weight excluding hydrogens is 290 g/mol. The lowest BCUT2D eigenvalue weighted by molar-refractivity contribution is -0.140. The number of nitrogens with zero attached hydrogens (tertiary/aromatic N) is 1. The van der Waals surface area contributed by atoms with E-state index in [1.54, 1.807) is 12.1 Å². The van der Waals surface area contributed by atoms with E-state index in [2.05, 4.69) is 4.74 Å². The van der Waals surface area contributed by atoms with Crippen LogP contribution >= 0.6 is 0 Å². The van der Waals surface area contributed by atoms with Crippen molar-refractivity contribution in [3.05, 3.63) is 17.7 Å². The van der Waals surface area contributed by atoms with Crippen LogP contribution in [0.1, 0.15) is 18.9 Å². The Morgan fingerprint density at radius 1 is 1.45 bits per heavy atom.